The number of nitrogens with one attached hydrogen (secondary N) is 1. The lowest BCUT2D eigenvalue weighted by molar-refractivity contribution is 0.0697. The van der Waals surface area contributed by atoms with Crippen LogP contribution in [0, 0.1) is 5.92 Å². The summed E-state index contributed by atoms with van der Waals surface area (Å²) < 4.78 is 0. The van der Waals surface area contributed by atoms with Gasteiger partial charge in [-0.15, -0.1) is 11.3 Å². The van der Waals surface area contributed by atoms with E-state index in [9.17, 15) is 9.90 Å². The number of anilines is 2. The summed E-state index contributed by atoms with van der Waals surface area (Å²) in [5, 5.41) is 14.6. The van der Waals surface area contributed by atoms with Crippen LogP contribution in [0.4, 0.5) is 10.8 Å². The van der Waals surface area contributed by atoms with Gasteiger partial charge in [-0.05, 0) is 42.2 Å². The van der Waals surface area contributed by atoms with E-state index >= 15 is 0 Å². The maximum atomic E-state index is 11.6. The number of aromatic carboxylic acids is 1. The van der Waals surface area contributed by atoms with Crippen molar-refractivity contribution in [3.05, 3.63) is 87.2 Å². The quantitative estimate of drug-likeness (QED) is 0.269. The van der Waals surface area contributed by atoms with E-state index in [-0.39, 0.29) is 5.56 Å². The number of thiazole rings is 1. The van der Waals surface area contributed by atoms with Crippen LogP contribution in [-0.2, 0) is 6.42 Å². The van der Waals surface area contributed by atoms with Gasteiger partial charge in [-0.25, -0.2) is 9.78 Å². The Balaban J connectivity index is 1.79. The summed E-state index contributed by atoms with van der Waals surface area (Å²) in [5.74, 6) is -0.538. The Hall–Kier alpha value is -2.86. The number of hydrogen-bond donors (Lipinski definition) is 2. The summed E-state index contributed by atoms with van der Waals surface area (Å²) in [7, 11) is 0. The summed E-state index contributed by atoms with van der Waals surface area (Å²) >= 11 is 13.9. The zero-order valence-corrected chi connectivity index (χ0v) is 20.4. The number of aromatic nitrogens is 1. The van der Waals surface area contributed by atoms with E-state index in [0.717, 1.165) is 33.7 Å². The lowest BCUT2D eigenvalue weighted by atomic mass is 10.0. The third kappa shape index (κ3) is 5.38. The fraction of sp³-hybridized carbons (Fsp3) is 0.154. The highest BCUT2D eigenvalue weighted by atomic mass is 35.5. The van der Waals surface area contributed by atoms with Crippen molar-refractivity contribution in [2.75, 3.05) is 5.32 Å². The van der Waals surface area contributed by atoms with E-state index < -0.39 is 5.97 Å². The predicted octanol–water partition coefficient (Wildman–Crippen LogP) is 8.42. The SMILES string of the molecule is CC(C)Cc1sc(Nc2cc(C(=O)O)ccc2-c2ccccc2)nc1-c1ccc(Cl)c(Cl)c1. The first kappa shape index (κ1) is 23.3. The molecule has 33 heavy (non-hydrogen) atoms. The molecule has 3 aromatic carbocycles. The molecule has 0 fully saturated rings. The molecule has 0 atom stereocenters. The van der Waals surface area contributed by atoms with Crippen LogP contribution >= 0.6 is 34.5 Å². The molecule has 0 saturated carbocycles. The number of hydrogen-bond acceptors (Lipinski definition) is 4. The van der Waals surface area contributed by atoms with Crippen LogP contribution < -0.4 is 5.32 Å². The zero-order chi connectivity index (χ0) is 23.5. The first-order valence-electron chi connectivity index (χ1n) is 10.5. The maximum absolute atomic E-state index is 11.6. The van der Waals surface area contributed by atoms with E-state index in [2.05, 4.69) is 19.2 Å². The zero-order valence-electron chi connectivity index (χ0n) is 18.1. The largest absolute Gasteiger partial charge is 0.478 e. The summed E-state index contributed by atoms with van der Waals surface area (Å²) in [5.41, 5.74) is 4.53. The topological polar surface area (TPSA) is 62.2 Å². The van der Waals surface area contributed by atoms with Crippen molar-refractivity contribution in [1.82, 2.24) is 4.98 Å². The van der Waals surface area contributed by atoms with Crippen molar-refractivity contribution >= 4 is 51.3 Å². The molecule has 0 aliphatic carbocycles. The first-order valence-corrected chi connectivity index (χ1v) is 12.0. The van der Waals surface area contributed by atoms with Gasteiger partial charge in [-0.1, -0.05) is 79.5 Å². The van der Waals surface area contributed by atoms with Gasteiger partial charge in [0.05, 0.1) is 21.3 Å². The molecule has 2 N–H and O–H groups in total. The molecule has 0 aliphatic heterocycles. The highest BCUT2D eigenvalue weighted by Crippen LogP contribution is 2.38. The number of benzene rings is 3. The van der Waals surface area contributed by atoms with E-state index in [1.54, 1.807) is 29.5 Å². The molecule has 0 aliphatic rings. The molecule has 0 amide bonds. The highest BCUT2D eigenvalue weighted by Gasteiger charge is 2.17. The van der Waals surface area contributed by atoms with Gasteiger partial charge < -0.3 is 10.4 Å². The van der Waals surface area contributed by atoms with Crippen LogP contribution in [0.5, 0.6) is 0 Å². The highest BCUT2D eigenvalue weighted by molar-refractivity contribution is 7.16. The van der Waals surface area contributed by atoms with E-state index in [4.69, 9.17) is 28.2 Å². The van der Waals surface area contributed by atoms with E-state index in [1.165, 1.54) is 0 Å². The molecule has 0 saturated heterocycles. The van der Waals surface area contributed by atoms with Crippen LogP contribution in [0.3, 0.4) is 0 Å². The number of carboxylic acid groups (broad SMARTS) is 1. The lowest BCUT2D eigenvalue weighted by Crippen LogP contribution is -2.00. The Morgan fingerprint density at radius 1 is 1.00 bits per heavy atom. The van der Waals surface area contributed by atoms with Gasteiger partial charge in [0.15, 0.2) is 5.13 Å². The Morgan fingerprint density at radius 3 is 2.42 bits per heavy atom. The molecule has 1 aromatic heterocycles. The average molecular weight is 497 g/mol. The van der Waals surface area contributed by atoms with Gasteiger partial charge >= 0.3 is 5.97 Å². The monoisotopic (exact) mass is 496 g/mol. The fourth-order valence-corrected chi connectivity index (χ4v) is 5.05. The smallest absolute Gasteiger partial charge is 0.335 e. The Labute approximate surface area is 206 Å². The molecule has 4 rings (SSSR count). The van der Waals surface area contributed by atoms with Gasteiger partial charge in [0.2, 0.25) is 0 Å². The molecule has 0 spiro atoms. The summed E-state index contributed by atoms with van der Waals surface area (Å²) in [6.07, 6.45) is 0.857. The lowest BCUT2D eigenvalue weighted by Gasteiger charge is -2.12. The maximum Gasteiger partial charge on any atom is 0.335 e. The predicted molar refractivity (Wildman–Crippen MR) is 138 cm³/mol. The Bertz CT molecular complexity index is 1300. The number of halogens is 2. The molecule has 7 heteroatoms. The third-order valence-electron chi connectivity index (χ3n) is 5.08. The molecule has 0 radical (unpaired) electrons. The second kappa shape index (κ2) is 9.96. The van der Waals surface area contributed by atoms with Crippen LogP contribution in [0.25, 0.3) is 22.4 Å². The van der Waals surface area contributed by atoms with E-state index in [0.29, 0.717) is 26.8 Å². The van der Waals surface area contributed by atoms with Crippen molar-refractivity contribution in [1.29, 1.82) is 0 Å². The molecular weight excluding hydrogens is 475 g/mol. The molecule has 0 bridgehead atoms. The van der Waals surface area contributed by atoms with E-state index in [1.807, 2.05) is 48.5 Å². The summed E-state index contributed by atoms with van der Waals surface area (Å²) in [4.78, 5) is 17.6. The molecule has 0 unspecified atom stereocenters. The fourth-order valence-electron chi connectivity index (χ4n) is 3.55. The van der Waals surface area contributed by atoms with Crippen LogP contribution in [0.2, 0.25) is 10.0 Å². The van der Waals surface area contributed by atoms with Gasteiger partial charge in [0.1, 0.15) is 0 Å². The number of rotatable bonds is 7. The first-order chi connectivity index (χ1) is 15.8. The minimum Gasteiger partial charge on any atom is -0.478 e. The number of nitrogens with zero attached hydrogens (tertiary/aromatic N) is 1. The van der Waals surface area contributed by atoms with Crippen molar-refractivity contribution in [2.45, 2.75) is 20.3 Å². The number of carboxylic acids is 1. The summed E-state index contributed by atoms with van der Waals surface area (Å²) in [6.45, 7) is 4.32. The van der Waals surface area contributed by atoms with Gasteiger partial charge in [-0.3, -0.25) is 0 Å². The van der Waals surface area contributed by atoms with Crippen molar-refractivity contribution in [3.63, 3.8) is 0 Å². The standard InChI is InChI=1S/C26H22Cl2N2O2S/c1-15(2)12-23-24(17-9-11-20(27)21(28)13-17)30-26(33-23)29-22-14-18(25(31)32)8-10-19(22)16-6-4-3-5-7-16/h3-11,13-15H,12H2,1-2H3,(H,29,30)(H,31,32). The molecule has 4 aromatic rings. The minimum atomic E-state index is -0.978. The summed E-state index contributed by atoms with van der Waals surface area (Å²) in [6, 6.07) is 20.4. The second-order valence-electron chi connectivity index (χ2n) is 8.07. The molecule has 168 valence electrons. The normalized spacial score (nSPS) is 11.1. The minimum absolute atomic E-state index is 0.209. The molecular formula is C26H22Cl2N2O2S. The van der Waals surface area contributed by atoms with Crippen molar-refractivity contribution in [3.8, 4) is 22.4 Å². The third-order valence-corrected chi connectivity index (χ3v) is 6.81. The number of carbonyl (C=O) groups is 1. The molecule has 4 nitrogen and oxygen atoms in total. The van der Waals surface area contributed by atoms with Crippen molar-refractivity contribution < 1.29 is 9.90 Å². The van der Waals surface area contributed by atoms with Crippen LogP contribution in [0.1, 0.15) is 29.1 Å². The Morgan fingerprint density at radius 2 is 1.76 bits per heavy atom. The van der Waals surface area contributed by atoms with Crippen LogP contribution in [0.15, 0.2) is 66.7 Å². The van der Waals surface area contributed by atoms with Crippen molar-refractivity contribution in [2.24, 2.45) is 5.92 Å². The second-order valence-corrected chi connectivity index (χ2v) is 9.97. The molecule has 1 heterocycles. The van der Waals surface area contributed by atoms with Crippen LogP contribution in [-0.4, -0.2) is 16.1 Å². The van der Waals surface area contributed by atoms with Gasteiger partial charge in [-0.2, -0.15) is 0 Å². The van der Waals surface area contributed by atoms with Gasteiger partial charge in [0.25, 0.3) is 0 Å². The Kier molecular flexibility index (Phi) is 7.03. The average Bonchev–Trinajstić information content (AvgIpc) is 3.17. The van der Waals surface area contributed by atoms with Gasteiger partial charge in [0, 0.05) is 21.7 Å².